The van der Waals surface area contributed by atoms with Gasteiger partial charge in [-0.3, -0.25) is 0 Å². The fraction of sp³-hybridized carbons (Fsp3) is 0.235. The van der Waals surface area contributed by atoms with Crippen LogP contribution in [-0.2, 0) is 5.41 Å². The second-order valence-electron chi connectivity index (χ2n) is 5.83. The van der Waals surface area contributed by atoms with Crippen molar-refractivity contribution in [2.45, 2.75) is 26.2 Å². The molecule has 0 saturated carbocycles. The lowest BCUT2D eigenvalue weighted by Crippen LogP contribution is -2.10. The molecule has 2 aromatic rings. The van der Waals surface area contributed by atoms with Gasteiger partial charge >= 0.3 is 5.97 Å². The van der Waals surface area contributed by atoms with Crippen molar-refractivity contribution in [1.29, 1.82) is 0 Å². The van der Waals surface area contributed by atoms with Crippen LogP contribution in [0.1, 0.15) is 36.7 Å². The third kappa shape index (κ3) is 2.67. The van der Waals surface area contributed by atoms with Gasteiger partial charge in [0.25, 0.3) is 0 Å². The second kappa shape index (κ2) is 5.00. The highest BCUT2D eigenvalue weighted by Gasteiger charge is 2.18. The monoisotopic (exact) mass is 270 g/mol. The number of carboxylic acid groups (broad SMARTS) is 1. The maximum Gasteiger partial charge on any atom is 0.336 e. The Hall–Kier alpha value is -2.29. The first-order valence-electron chi connectivity index (χ1n) is 6.47. The predicted molar refractivity (Wildman–Crippen MR) is 79.2 cm³/mol. The quantitative estimate of drug-likeness (QED) is 0.865. The van der Waals surface area contributed by atoms with Gasteiger partial charge in [-0.15, -0.1) is 0 Å². The molecule has 3 heteroatoms. The summed E-state index contributed by atoms with van der Waals surface area (Å²) < 4.78 is 0. The van der Waals surface area contributed by atoms with E-state index in [-0.39, 0.29) is 16.7 Å². The van der Waals surface area contributed by atoms with Crippen LogP contribution in [0.5, 0.6) is 5.75 Å². The molecular formula is C17H18O3. The van der Waals surface area contributed by atoms with Crippen molar-refractivity contribution >= 4 is 5.97 Å². The Labute approximate surface area is 118 Å². The molecule has 0 bridgehead atoms. The SMILES string of the molecule is CC(C)(C)c1ccc(-c2ccccc2C(=O)O)c(O)c1. The van der Waals surface area contributed by atoms with Crippen molar-refractivity contribution in [2.24, 2.45) is 0 Å². The highest BCUT2D eigenvalue weighted by molar-refractivity contribution is 5.96. The molecular weight excluding hydrogens is 252 g/mol. The van der Waals surface area contributed by atoms with Gasteiger partial charge in [0.2, 0.25) is 0 Å². The first kappa shape index (κ1) is 14.1. The molecule has 0 spiro atoms. The third-order valence-corrected chi connectivity index (χ3v) is 3.31. The number of rotatable bonds is 2. The summed E-state index contributed by atoms with van der Waals surface area (Å²) in [6, 6.07) is 12.1. The van der Waals surface area contributed by atoms with Crippen LogP contribution in [0.15, 0.2) is 42.5 Å². The molecule has 0 aliphatic carbocycles. The number of benzene rings is 2. The fourth-order valence-corrected chi connectivity index (χ4v) is 2.13. The number of phenols is 1. The van der Waals surface area contributed by atoms with Crippen LogP contribution < -0.4 is 0 Å². The van der Waals surface area contributed by atoms with Crippen molar-refractivity contribution in [3.8, 4) is 16.9 Å². The van der Waals surface area contributed by atoms with E-state index >= 15 is 0 Å². The highest BCUT2D eigenvalue weighted by atomic mass is 16.4. The molecule has 2 aromatic carbocycles. The van der Waals surface area contributed by atoms with Crippen molar-refractivity contribution in [3.63, 3.8) is 0 Å². The maximum atomic E-state index is 11.3. The molecule has 2 rings (SSSR count). The Balaban J connectivity index is 2.58. The summed E-state index contributed by atoms with van der Waals surface area (Å²) >= 11 is 0. The van der Waals surface area contributed by atoms with E-state index in [1.54, 1.807) is 30.3 Å². The van der Waals surface area contributed by atoms with Gasteiger partial charge in [0.15, 0.2) is 0 Å². The first-order valence-corrected chi connectivity index (χ1v) is 6.47. The average molecular weight is 270 g/mol. The molecule has 104 valence electrons. The van der Waals surface area contributed by atoms with E-state index < -0.39 is 5.97 Å². The van der Waals surface area contributed by atoms with Crippen molar-refractivity contribution in [3.05, 3.63) is 53.6 Å². The zero-order valence-corrected chi connectivity index (χ0v) is 11.8. The minimum atomic E-state index is -1.00. The number of carboxylic acids is 1. The molecule has 0 unspecified atom stereocenters. The van der Waals surface area contributed by atoms with Crippen molar-refractivity contribution in [1.82, 2.24) is 0 Å². The van der Waals surface area contributed by atoms with E-state index in [1.165, 1.54) is 6.07 Å². The van der Waals surface area contributed by atoms with Gasteiger partial charge in [-0.2, -0.15) is 0 Å². The maximum absolute atomic E-state index is 11.3. The average Bonchev–Trinajstić information content (AvgIpc) is 2.37. The lowest BCUT2D eigenvalue weighted by atomic mass is 9.85. The highest BCUT2D eigenvalue weighted by Crippen LogP contribution is 2.35. The normalized spacial score (nSPS) is 11.3. The number of hydrogen-bond donors (Lipinski definition) is 2. The summed E-state index contributed by atoms with van der Waals surface area (Å²) in [5.41, 5.74) is 2.19. The van der Waals surface area contributed by atoms with Crippen LogP contribution in [-0.4, -0.2) is 16.2 Å². The molecule has 0 aliphatic heterocycles. The van der Waals surface area contributed by atoms with Crippen molar-refractivity contribution in [2.75, 3.05) is 0 Å². The minimum Gasteiger partial charge on any atom is -0.507 e. The van der Waals surface area contributed by atoms with E-state index in [0.29, 0.717) is 11.1 Å². The molecule has 0 atom stereocenters. The Bertz CT molecular complexity index is 652. The van der Waals surface area contributed by atoms with Gasteiger partial charge in [0.1, 0.15) is 5.75 Å². The van der Waals surface area contributed by atoms with Crippen LogP contribution in [0.25, 0.3) is 11.1 Å². The van der Waals surface area contributed by atoms with Crippen LogP contribution in [0.4, 0.5) is 0 Å². The molecule has 2 N–H and O–H groups in total. The first-order chi connectivity index (χ1) is 9.30. The van der Waals surface area contributed by atoms with Crippen molar-refractivity contribution < 1.29 is 15.0 Å². The molecule has 0 amide bonds. The zero-order chi connectivity index (χ0) is 14.9. The predicted octanol–water partition coefficient (Wildman–Crippen LogP) is 4.05. The molecule has 0 radical (unpaired) electrons. The standard InChI is InChI=1S/C17H18O3/c1-17(2,3)11-8-9-13(15(18)10-11)12-6-4-5-7-14(12)16(19)20/h4-10,18H,1-3H3,(H,19,20). The number of phenolic OH excluding ortho intramolecular Hbond substituents is 1. The minimum absolute atomic E-state index is 0.0671. The topological polar surface area (TPSA) is 57.5 Å². The Morgan fingerprint density at radius 2 is 1.65 bits per heavy atom. The van der Waals surface area contributed by atoms with E-state index in [4.69, 9.17) is 0 Å². The van der Waals surface area contributed by atoms with Crippen LogP contribution in [0.2, 0.25) is 0 Å². The molecule has 0 saturated heterocycles. The fourth-order valence-electron chi connectivity index (χ4n) is 2.13. The lowest BCUT2D eigenvalue weighted by molar-refractivity contribution is 0.0697. The Morgan fingerprint density at radius 1 is 1.00 bits per heavy atom. The molecule has 0 heterocycles. The summed E-state index contributed by atoms with van der Waals surface area (Å²) in [7, 11) is 0. The van der Waals surface area contributed by atoms with Crippen LogP contribution >= 0.6 is 0 Å². The Morgan fingerprint density at radius 3 is 2.20 bits per heavy atom. The summed E-state index contributed by atoms with van der Waals surface area (Å²) in [6.45, 7) is 6.19. The lowest BCUT2D eigenvalue weighted by Gasteiger charge is -2.20. The molecule has 0 aromatic heterocycles. The van der Waals surface area contributed by atoms with Gasteiger partial charge in [0, 0.05) is 5.56 Å². The summed E-state index contributed by atoms with van der Waals surface area (Å²) in [6.07, 6.45) is 0. The largest absolute Gasteiger partial charge is 0.507 e. The number of hydrogen-bond acceptors (Lipinski definition) is 2. The molecule has 0 fully saturated rings. The molecule has 20 heavy (non-hydrogen) atoms. The molecule has 3 nitrogen and oxygen atoms in total. The van der Waals surface area contributed by atoms with Gasteiger partial charge in [-0.1, -0.05) is 51.1 Å². The second-order valence-corrected chi connectivity index (χ2v) is 5.83. The third-order valence-electron chi connectivity index (χ3n) is 3.31. The molecule has 0 aliphatic rings. The van der Waals surface area contributed by atoms with Gasteiger partial charge in [-0.05, 0) is 28.7 Å². The summed E-state index contributed by atoms with van der Waals surface area (Å²) in [4.78, 5) is 11.3. The van der Waals surface area contributed by atoms with Gasteiger partial charge in [0.05, 0.1) is 5.56 Å². The number of carbonyl (C=O) groups is 1. The summed E-state index contributed by atoms with van der Waals surface area (Å²) in [5.74, 6) is -0.897. The van der Waals surface area contributed by atoms with Gasteiger partial charge < -0.3 is 10.2 Å². The number of aromatic hydroxyl groups is 1. The van der Waals surface area contributed by atoms with Crippen LogP contribution in [0, 0.1) is 0 Å². The van der Waals surface area contributed by atoms with E-state index in [1.807, 2.05) is 6.07 Å². The van der Waals surface area contributed by atoms with Crippen LogP contribution in [0.3, 0.4) is 0 Å². The van der Waals surface area contributed by atoms with Gasteiger partial charge in [-0.25, -0.2) is 4.79 Å². The zero-order valence-electron chi connectivity index (χ0n) is 11.8. The van der Waals surface area contributed by atoms with E-state index in [0.717, 1.165) is 5.56 Å². The smallest absolute Gasteiger partial charge is 0.336 e. The Kier molecular flexibility index (Phi) is 3.53. The van der Waals surface area contributed by atoms with E-state index in [2.05, 4.69) is 20.8 Å². The van der Waals surface area contributed by atoms with E-state index in [9.17, 15) is 15.0 Å². The number of aromatic carboxylic acids is 1. The summed E-state index contributed by atoms with van der Waals surface area (Å²) in [5, 5.41) is 19.4.